The van der Waals surface area contributed by atoms with Crippen molar-refractivity contribution in [2.75, 3.05) is 19.6 Å². The maximum absolute atomic E-state index is 12.3. The van der Waals surface area contributed by atoms with Crippen LogP contribution in [0.15, 0.2) is 0 Å². The number of likely N-dealkylation sites (tertiary alicyclic amines) is 1. The molecule has 0 unspecified atom stereocenters. The Kier molecular flexibility index (Phi) is 6.52. The molecule has 2 atom stereocenters. The van der Waals surface area contributed by atoms with Crippen LogP contribution in [0.2, 0.25) is 0 Å². The molecule has 1 heterocycles. The van der Waals surface area contributed by atoms with Crippen LogP contribution in [0, 0.1) is 5.92 Å². The second-order valence-corrected chi connectivity index (χ2v) is 7.00. The fraction of sp³-hybridized carbons (Fsp3) is 0.933. The highest BCUT2D eigenvalue weighted by Crippen LogP contribution is 2.24. The van der Waals surface area contributed by atoms with Crippen molar-refractivity contribution in [2.24, 2.45) is 5.92 Å². The van der Waals surface area contributed by atoms with Gasteiger partial charge < -0.3 is 15.0 Å². The monoisotopic (exact) mass is 324 g/mol. The minimum Gasteiger partial charge on any atom is -0.444 e. The van der Waals surface area contributed by atoms with E-state index in [0.717, 1.165) is 12.8 Å². The fourth-order valence-electron chi connectivity index (χ4n) is 2.60. The van der Waals surface area contributed by atoms with Gasteiger partial charge in [-0.3, -0.25) is 0 Å². The van der Waals surface area contributed by atoms with E-state index in [-0.39, 0.29) is 18.5 Å². The second-order valence-electron chi connectivity index (χ2n) is 7.00. The number of amides is 1. The number of nitrogens with zero attached hydrogens (tertiary/aromatic N) is 1. The van der Waals surface area contributed by atoms with E-state index < -0.39 is 24.3 Å². The molecule has 0 bridgehead atoms. The van der Waals surface area contributed by atoms with E-state index in [2.05, 4.69) is 5.32 Å². The molecule has 1 rings (SSSR count). The lowest BCUT2D eigenvalue weighted by atomic mass is 9.91. The van der Waals surface area contributed by atoms with Crippen LogP contribution >= 0.6 is 0 Å². The molecule has 0 aromatic carbocycles. The van der Waals surface area contributed by atoms with Crippen LogP contribution in [-0.2, 0) is 4.74 Å². The number of alkyl halides is 3. The zero-order valence-corrected chi connectivity index (χ0v) is 13.8. The first kappa shape index (κ1) is 19.1. The van der Waals surface area contributed by atoms with Crippen LogP contribution in [0.3, 0.4) is 0 Å². The minimum absolute atomic E-state index is 0.0269. The van der Waals surface area contributed by atoms with Gasteiger partial charge in [-0.25, -0.2) is 4.79 Å². The first-order valence-electron chi connectivity index (χ1n) is 7.75. The lowest BCUT2D eigenvalue weighted by Crippen LogP contribution is -2.47. The Morgan fingerprint density at radius 3 is 2.55 bits per heavy atom. The van der Waals surface area contributed by atoms with Gasteiger partial charge in [0.15, 0.2) is 0 Å². The first-order valence-corrected chi connectivity index (χ1v) is 7.75. The predicted molar refractivity (Wildman–Crippen MR) is 78.7 cm³/mol. The van der Waals surface area contributed by atoms with Crippen LogP contribution in [0.4, 0.5) is 18.0 Å². The van der Waals surface area contributed by atoms with Crippen LogP contribution in [0.5, 0.6) is 0 Å². The largest absolute Gasteiger partial charge is 0.444 e. The topological polar surface area (TPSA) is 41.6 Å². The van der Waals surface area contributed by atoms with Gasteiger partial charge in [-0.2, -0.15) is 13.2 Å². The van der Waals surface area contributed by atoms with Crippen LogP contribution in [-0.4, -0.2) is 48.4 Å². The van der Waals surface area contributed by atoms with Crippen LogP contribution < -0.4 is 5.32 Å². The molecule has 7 heteroatoms. The van der Waals surface area contributed by atoms with Crippen molar-refractivity contribution >= 4 is 6.09 Å². The Bertz CT molecular complexity index is 367. The average Bonchev–Trinajstić information content (AvgIpc) is 2.33. The van der Waals surface area contributed by atoms with Gasteiger partial charge in [-0.15, -0.1) is 0 Å². The van der Waals surface area contributed by atoms with Crippen molar-refractivity contribution in [1.82, 2.24) is 10.2 Å². The van der Waals surface area contributed by atoms with E-state index in [0.29, 0.717) is 13.1 Å². The molecule has 0 aliphatic carbocycles. The van der Waals surface area contributed by atoms with Crippen molar-refractivity contribution in [3.05, 3.63) is 0 Å². The molecular weight excluding hydrogens is 297 g/mol. The fourth-order valence-corrected chi connectivity index (χ4v) is 2.60. The predicted octanol–water partition coefficient (Wildman–Crippen LogP) is 3.56. The molecule has 0 spiro atoms. The Labute approximate surface area is 130 Å². The van der Waals surface area contributed by atoms with Crippen molar-refractivity contribution in [2.45, 2.75) is 64.8 Å². The van der Waals surface area contributed by atoms with E-state index in [1.54, 1.807) is 20.8 Å². The van der Waals surface area contributed by atoms with E-state index in [1.165, 1.54) is 0 Å². The number of piperidine rings is 1. The molecule has 1 amide bonds. The van der Waals surface area contributed by atoms with Gasteiger partial charge >= 0.3 is 12.3 Å². The molecule has 0 saturated carbocycles. The molecule has 1 aliphatic heterocycles. The number of rotatable bonds is 4. The van der Waals surface area contributed by atoms with E-state index in [4.69, 9.17) is 4.74 Å². The number of ether oxygens (including phenoxy) is 1. The number of carbonyl (C=O) groups excluding carboxylic acids is 1. The van der Waals surface area contributed by atoms with Gasteiger partial charge in [0.2, 0.25) is 0 Å². The Morgan fingerprint density at radius 1 is 1.36 bits per heavy atom. The zero-order valence-electron chi connectivity index (χ0n) is 13.8. The number of halogens is 3. The summed E-state index contributed by atoms with van der Waals surface area (Å²) in [6.07, 6.45) is -3.63. The van der Waals surface area contributed by atoms with Crippen LogP contribution in [0.25, 0.3) is 0 Å². The summed E-state index contributed by atoms with van der Waals surface area (Å²) in [6.45, 7) is 8.53. The number of hydrogen-bond donors (Lipinski definition) is 1. The maximum atomic E-state index is 12.3. The third-order valence-electron chi connectivity index (χ3n) is 3.70. The standard InChI is InChI=1S/C15H27F3N2O2/c1-11(19-13(21)22-14(2,3)4)12-6-5-8-20(10-12)9-7-15(16,17)18/h11-12H,5-10H2,1-4H3,(H,19,21)/t11-,12-/m1/s1. The second kappa shape index (κ2) is 7.53. The van der Waals surface area contributed by atoms with Gasteiger partial charge in [-0.05, 0) is 53.0 Å². The molecule has 1 N–H and O–H groups in total. The van der Waals surface area contributed by atoms with E-state index in [9.17, 15) is 18.0 Å². The normalized spacial score (nSPS) is 22.2. The highest BCUT2D eigenvalue weighted by molar-refractivity contribution is 5.68. The molecule has 4 nitrogen and oxygen atoms in total. The molecule has 0 radical (unpaired) electrons. The van der Waals surface area contributed by atoms with Gasteiger partial charge in [0.25, 0.3) is 0 Å². The molecule has 22 heavy (non-hydrogen) atoms. The van der Waals surface area contributed by atoms with Gasteiger partial charge in [0, 0.05) is 19.1 Å². The molecule has 1 saturated heterocycles. The Morgan fingerprint density at radius 2 is 2.00 bits per heavy atom. The van der Waals surface area contributed by atoms with E-state index in [1.807, 2.05) is 11.8 Å². The highest BCUT2D eigenvalue weighted by Gasteiger charge is 2.31. The minimum atomic E-state index is -4.12. The van der Waals surface area contributed by atoms with Gasteiger partial charge in [-0.1, -0.05) is 0 Å². The summed E-state index contributed by atoms with van der Waals surface area (Å²) in [5.74, 6) is 0.148. The number of hydrogen-bond acceptors (Lipinski definition) is 3. The molecule has 0 aromatic heterocycles. The number of carbonyl (C=O) groups is 1. The summed E-state index contributed by atoms with van der Waals surface area (Å²) < 4.78 is 42.1. The van der Waals surface area contributed by atoms with Gasteiger partial charge in [0.1, 0.15) is 5.60 Å². The summed E-state index contributed by atoms with van der Waals surface area (Å²) in [5.41, 5.74) is -0.560. The van der Waals surface area contributed by atoms with Crippen molar-refractivity contribution in [1.29, 1.82) is 0 Å². The maximum Gasteiger partial charge on any atom is 0.407 e. The Balaban J connectivity index is 2.42. The smallest absolute Gasteiger partial charge is 0.407 e. The third-order valence-corrected chi connectivity index (χ3v) is 3.70. The average molecular weight is 324 g/mol. The number of nitrogens with one attached hydrogen (secondary N) is 1. The summed E-state index contributed by atoms with van der Waals surface area (Å²) in [5, 5.41) is 2.79. The lowest BCUT2D eigenvalue weighted by molar-refractivity contribution is -0.138. The lowest BCUT2D eigenvalue weighted by Gasteiger charge is -2.36. The molecule has 0 aromatic rings. The van der Waals surface area contributed by atoms with Crippen molar-refractivity contribution in [3.8, 4) is 0 Å². The molecule has 1 aliphatic rings. The highest BCUT2D eigenvalue weighted by atomic mass is 19.4. The van der Waals surface area contributed by atoms with Crippen molar-refractivity contribution < 1.29 is 22.7 Å². The molecular formula is C15H27F3N2O2. The summed E-state index contributed by atoms with van der Waals surface area (Å²) in [4.78, 5) is 13.6. The SMILES string of the molecule is C[C@@H](NC(=O)OC(C)(C)C)[C@@H]1CCCN(CCC(F)(F)F)C1. The Hall–Kier alpha value is -0.980. The molecule has 1 fully saturated rings. The summed E-state index contributed by atoms with van der Waals surface area (Å²) in [7, 11) is 0. The van der Waals surface area contributed by atoms with Crippen molar-refractivity contribution in [3.63, 3.8) is 0 Å². The summed E-state index contributed by atoms with van der Waals surface area (Å²) in [6, 6.07) is -0.122. The summed E-state index contributed by atoms with van der Waals surface area (Å²) >= 11 is 0. The molecule has 130 valence electrons. The zero-order chi connectivity index (χ0) is 17.0. The quantitative estimate of drug-likeness (QED) is 0.859. The van der Waals surface area contributed by atoms with Gasteiger partial charge in [0.05, 0.1) is 6.42 Å². The third kappa shape index (κ3) is 7.87. The first-order chi connectivity index (χ1) is 9.96. The number of alkyl carbamates (subject to hydrolysis) is 1. The van der Waals surface area contributed by atoms with Crippen LogP contribution in [0.1, 0.15) is 47.0 Å². The van der Waals surface area contributed by atoms with E-state index >= 15 is 0 Å².